The molecule has 0 spiro atoms. The van der Waals surface area contributed by atoms with E-state index in [2.05, 4.69) is 24.8 Å². The molecule has 0 amide bonds. The van der Waals surface area contributed by atoms with Crippen LogP contribution in [0.3, 0.4) is 0 Å². The molecule has 0 aromatic carbocycles. The lowest BCUT2D eigenvalue weighted by atomic mass is 10.1. The van der Waals surface area contributed by atoms with Crippen molar-refractivity contribution in [1.82, 2.24) is 4.90 Å². The summed E-state index contributed by atoms with van der Waals surface area (Å²) in [5, 5.41) is 0. The fourth-order valence-corrected chi connectivity index (χ4v) is 2.78. The van der Waals surface area contributed by atoms with Gasteiger partial charge in [-0.15, -0.1) is 0 Å². The van der Waals surface area contributed by atoms with Crippen molar-refractivity contribution in [3.05, 3.63) is 11.6 Å². The van der Waals surface area contributed by atoms with Crippen molar-refractivity contribution in [3.63, 3.8) is 0 Å². The van der Waals surface area contributed by atoms with E-state index in [1.165, 1.54) is 83.8 Å². The molecule has 18 heavy (non-hydrogen) atoms. The largest absolute Gasteiger partial charge is 0.299 e. The number of unbranched alkanes of at least 4 members (excludes halogenated alkanes) is 5. The normalized spacial score (nSPS) is 18.2. The maximum Gasteiger partial charge on any atom is 0.0192 e. The summed E-state index contributed by atoms with van der Waals surface area (Å²) in [5.41, 5.74) is 1.67. The van der Waals surface area contributed by atoms with Gasteiger partial charge in [0.25, 0.3) is 0 Å². The van der Waals surface area contributed by atoms with Gasteiger partial charge in [0.2, 0.25) is 0 Å². The molecule has 0 atom stereocenters. The minimum atomic E-state index is 1.24. The van der Waals surface area contributed by atoms with Gasteiger partial charge >= 0.3 is 0 Å². The van der Waals surface area contributed by atoms with Crippen molar-refractivity contribution in [2.75, 3.05) is 19.6 Å². The SMILES string of the molecule is CCCCCCC/C=C(\CC)CN1CCCCC1. The predicted octanol–water partition coefficient (Wildman–Crippen LogP) is 5.17. The zero-order valence-electron chi connectivity index (χ0n) is 12.7. The van der Waals surface area contributed by atoms with E-state index in [9.17, 15) is 0 Å². The second kappa shape index (κ2) is 10.6. The van der Waals surface area contributed by atoms with Crippen molar-refractivity contribution >= 4 is 0 Å². The summed E-state index contributed by atoms with van der Waals surface area (Å²) >= 11 is 0. The standard InChI is InChI=1S/C17H33N/c1-3-5-6-7-8-10-13-17(4-2)16-18-14-11-9-12-15-18/h13H,3-12,14-16H2,1-2H3/b17-13+. The molecular weight excluding hydrogens is 218 g/mol. The Bertz CT molecular complexity index is 214. The zero-order valence-corrected chi connectivity index (χ0v) is 12.7. The van der Waals surface area contributed by atoms with Crippen LogP contribution in [0.2, 0.25) is 0 Å². The quantitative estimate of drug-likeness (QED) is 0.404. The van der Waals surface area contributed by atoms with Crippen LogP contribution >= 0.6 is 0 Å². The van der Waals surface area contributed by atoms with E-state index in [4.69, 9.17) is 0 Å². The minimum Gasteiger partial charge on any atom is -0.299 e. The van der Waals surface area contributed by atoms with Gasteiger partial charge in [0.05, 0.1) is 0 Å². The maximum atomic E-state index is 2.65. The highest BCUT2D eigenvalue weighted by molar-refractivity contribution is 5.04. The smallest absolute Gasteiger partial charge is 0.0192 e. The Morgan fingerprint density at radius 1 is 0.944 bits per heavy atom. The molecule has 106 valence electrons. The van der Waals surface area contributed by atoms with Crippen LogP contribution in [0.25, 0.3) is 0 Å². The van der Waals surface area contributed by atoms with Gasteiger partial charge < -0.3 is 0 Å². The number of nitrogens with zero attached hydrogens (tertiary/aromatic N) is 1. The van der Waals surface area contributed by atoms with Crippen LogP contribution in [0, 0.1) is 0 Å². The van der Waals surface area contributed by atoms with Gasteiger partial charge in [-0.25, -0.2) is 0 Å². The Labute approximate surface area is 115 Å². The van der Waals surface area contributed by atoms with Gasteiger partial charge in [-0.05, 0) is 45.2 Å². The zero-order chi connectivity index (χ0) is 13.1. The third-order valence-electron chi connectivity index (χ3n) is 4.07. The van der Waals surface area contributed by atoms with Gasteiger partial charge in [-0.3, -0.25) is 4.90 Å². The highest BCUT2D eigenvalue weighted by atomic mass is 15.1. The summed E-state index contributed by atoms with van der Waals surface area (Å²) in [7, 11) is 0. The molecule has 0 aromatic heterocycles. The molecule has 1 aliphatic heterocycles. The maximum absolute atomic E-state index is 2.65. The molecule has 1 fully saturated rings. The van der Waals surface area contributed by atoms with Crippen LogP contribution < -0.4 is 0 Å². The van der Waals surface area contributed by atoms with Gasteiger partial charge in [0.1, 0.15) is 0 Å². The second-order valence-corrected chi connectivity index (χ2v) is 5.76. The Morgan fingerprint density at radius 3 is 2.33 bits per heavy atom. The molecular formula is C17H33N. The van der Waals surface area contributed by atoms with Crippen LogP contribution in [-0.4, -0.2) is 24.5 Å². The molecule has 1 aliphatic rings. The van der Waals surface area contributed by atoms with Crippen LogP contribution in [0.15, 0.2) is 11.6 Å². The monoisotopic (exact) mass is 251 g/mol. The fourth-order valence-electron chi connectivity index (χ4n) is 2.78. The van der Waals surface area contributed by atoms with Crippen molar-refractivity contribution in [3.8, 4) is 0 Å². The van der Waals surface area contributed by atoms with Crippen LogP contribution in [0.1, 0.15) is 78.1 Å². The molecule has 1 nitrogen and oxygen atoms in total. The minimum absolute atomic E-state index is 1.24. The number of piperidine rings is 1. The van der Waals surface area contributed by atoms with Gasteiger partial charge in [-0.1, -0.05) is 57.6 Å². The van der Waals surface area contributed by atoms with E-state index in [-0.39, 0.29) is 0 Å². The first-order valence-corrected chi connectivity index (χ1v) is 8.27. The Morgan fingerprint density at radius 2 is 1.67 bits per heavy atom. The van der Waals surface area contributed by atoms with Crippen molar-refractivity contribution in [2.24, 2.45) is 0 Å². The highest BCUT2D eigenvalue weighted by Crippen LogP contribution is 2.14. The third-order valence-corrected chi connectivity index (χ3v) is 4.07. The van der Waals surface area contributed by atoms with Crippen LogP contribution in [-0.2, 0) is 0 Å². The molecule has 1 rings (SSSR count). The molecule has 1 saturated heterocycles. The van der Waals surface area contributed by atoms with Crippen molar-refractivity contribution < 1.29 is 0 Å². The van der Waals surface area contributed by atoms with E-state index in [1.807, 2.05) is 0 Å². The lowest BCUT2D eigenvalue weighted by Crippen LogP contribution is -2.31. The van der Waals surface area contributed by atoms with Gasteiger partial charge in [0, 0.05) is 6.54 Å². The number of hydrogen-bond donors (Lipinski definition) is 0. The number of allylic oxidation sites excluding steroid dienone is 1. The molecule has 0 bridgehead atoms. The topological polar surface area (TPSA) is 3.24 Å². The average Bonchev–Trinajstić information content (AvgIpc) is 2.42. The van der Waals surface area contributed by atoms with E-state index in [0.717, 1.165) is 0 Å². The highest BCUT2D eigenvalue weighted by Gasteiger charge is 2.10. The van der Waals surface area contributed by atoms with Crippen LogP contribution in [0.4, 0.5) is 0 Å². The average molecular weight is 251 g/mol. The molecule has 0 N–H and O–H groups in total. The van der Waals surface area contributed by atoms with Crippen molar-refractivity contribution in [2.45, 2.75) is 78.1 Å². The summed E-state index contributed by atoms with van der Waals surface area (Å²) in [6, 6.07) is 0. The molecule has 0 unspecified atom stereocenters. The molecule has 1 heterocycles. The number of likely N-dealkylation sites (tertiary alicyclic amines) is 1. The Hall–Kier alpha value is -0.300. The molecule has 0 saturated carbocycles. The van der Waals surface area contributed by atoms with Crippen molar-refractivity contribution in [1.29, 1.82) is 0 Å². The Kier molecular flexibility index (Phi) is 9.28. The molecule has 0 radical (unpaired) electrons. The summed E-state index contributed by atoms with van der Waals surface area (Å²) in [4.78, 5) is 2.65. The third kappa shape index (κ3) is 7.20. The molecule has 0 aromatic rings. The summed E-state index contributed by atoms with van der Waals surface area (Å²) in [6.07, 6.45) is 16.4. The van der Waals surface area contributed by atoms with E-state index < -0.39 is 0 Å². The Balaban J connectivity index is 2.14. The van der Waals surface area contributed by atoms with Gasteiger partial charge in [-0.2, -0.15) is 0 Å². The lowest BCUT2D eigenvalue weighted by Gasteiger charge is -2.27. The predicted molar refractivity (Wildman–Crippen MR) is 82.0 cm³/mol. The summed E-state index contributed by atoms with van der Waals surface area (Å²) < 4.78 is 0. The van der Waals surface area contributed by atoms with Gasteiger partial charge in [0.15, 0.2) is 0 Å². The first-order chi connectivity index (χ1) is 8.86. The first-order valence-electron chi connectivity index (χ1n) is 8.27. The number of hydrogen-bond acceptors (Lipinski definition) is 1. The van der Waals surface area contributed by atoms with E-state index in [1.54, 1.807) is 5.57 Å². The second-order valence-electron chi connectivity index (χ2n) is 5.76. The number of rotatable bonds is 9. The summed E-state index contributed by atoms with van der Waals surface area (Å²) in [6.45, 7) is 8.49. The molecule has 1 heteroatoms. The summed E-state index contributed by atoms with van der Waals surface area (Å²) in [5.74, 6) is 0. The van der Waals surface area contributed by atoms with E-state index >= 15 is 0 Å². The van der Waals surface area contributed by atoms with E-state index in [0.29, 0.717) is 0 Å². The lowest BCUT2D eigenvalue weighted by molar-refractivity contribution is 0.245. The fraction of sp³-hybridized carbons (Fsp3) is 0.882. The van der Waals surface area contributed by atoms with Crippen LogP contribution in [0.5, 0.6) is 0 Å². The molecule has 0 aliphatic carbocycles. The first kappa shape index (κ1) is 15.8.